The fraction of sp³-hybridized carbons (Fsp3) is 0.480. The SMILES string of the molecule is N[C@H]1CCCN[C@@]1(Cc1cc(-n2nnnc2C(F)(F)F)ccc1OC1CCCC1)c1ccccc1. The summed E-state index contributed by atoms with van der Waals surface area (Å²) >= 11 is 0. The lowest BCUT2D eigenvalue weighted by atomic mass is 9.74. The zero-order valence-electron chi connectivity index (χ0n) is 19.3. The van der Waals surface area contributed by atoms with E-state index >= 15 is 0 Å². The van der Waals surface area contributed by atoms with Crippen molar-refractivity contribution in [2.75, 3.05) is 6.54 Å². The van der Waals surface area contributed by atoms with Gasteiger partial charge in [0.2, 0.25) is 0 Å². The van der Waals surface area contributed by atoms with Gasteiger partial charge in [-0.3, -0.25) is 0 Å². The average Bonchev–Trinajstić information content (AvgIpc) is 3.55. The van der Waals surface area contributed by atoms with E-state index in [9.17, 15) is 13.2 Å². The number of aromatic nitrogens is 4. The van der Waals surface area contributed by atoms with E-state index in [0.717, 1.165) is 60.9 Å². The lowest BCUT2D eigenvalue weighted by Crippen LogP contribution is -2.60. The molecule has 7 nitrogen and oxygen atoms in total. The van der Waals surface area contributed by atoms with E-state index in [1.165, 1.54) is 0 Å². The van der Waals surface area contributed by atoms with E-state index in [1.54, 1.807) is 18.2 Å². The van der Waals surface area contributed by atoms with Gasteiger partial charge in [-0.1, -0.05) is 30.3 Å². The quantitative estimate of drug-likeness (QED) is 0.544. The van der Waals surface area contributed by atoms with E-state index in [0.29, 0.717) is 12.2 Å². The highest BCUT2D eigenvalue weighted by molar-refractivity contribution is 5.47. The van der Waals surface area contributed by atoms with E-state index in [2.05, 4.69) is 20.8 Å². The summed E-state index contributed by atoms with van der Waals surface area (Å²) in [4.78, 5) is 0. The fourth-order valence-electron chi connectivity index (χ4n) is 5.33. The number of nitrogens with one attached hydrogen (secondary N) is 1. The Balaban J connectivity index is 1.59. The second kappa shape index (κ2) is 9.58. The molecule has 1 aromatic heterocycles. The van der Waals surface area contributed by atoms with Crippen molar-refractivity contribution in [2.24, 2.45) is 5.73 Å². The van der Waals surface area contributed by atoms with Crippen molar-refractivity contribution < 1.29 is 17.9 Å². The van der Waals surface area contributed by atoms with Gasteiger partial charge in [0.1, 0.15) is 5.75 Å². The normalized spacial score (nSPS) is 23.5. The smallest absolute Gasteiger partial charge is 0.453 e. The first kappa shape index (κ1) is 23.7. The molecule has 2 fully saturated rings. The molecule has 2 atom stereocenters. The largest absolute Gasteiger partial charge is 0.490 e. The van der Waals surface area contributed by atoms with Crippen LogP contribution < -0.4 is 15.8 Å². The van der Waals surface area contributed by atoms with Crippen LogP contribution in [0.25, 0.3) is 5.69 Å². The molecule has 1 aliphatic carbocycles. The van der Waals surface area contributed by atoms with Crippen molar-refractivity contribution >= 4 is 0 Å². The molecule has 0 radical (unpaired) electrons. The van der Waals surface area contributed by atoms with Crippen LogP contribution in [0.2, 0.25) is 0 Å². The van der Waals surface area contributed by atoms with Crippen LogP contribution in [0.5, 0.6) is 5.75 Å². The topological polar surface area (TPSA) is 90.9 Å². The predicted molar refractivity (Wildman–Crippen MR) is 124 cm³/mol. The number of tetrazole rings is 1. The average molecular weight is 487 g/mol. The standard InChI is InChI=1S/C25H29F3N6O/c26-25(27,28)23-31-32-33-34(23)19-12-13-21(35-20-9-4-5-10-20)17(15-19)16-24(18-7-2-1-3-8-18)22(29)11-6-14-30-24/h1-3,7-8,12-13,15,20,22,30H,4-6,9-11,14,16,29H2/t22-,24-/m0/s1. The maximum Gasteiger partial charge on any atom is 0.453 e. The zero-order chi connectivity index (χ0) is 24.5. The van der Waals surface area contributed by atoms with Crippen LogP contribution in [0.3, 0.4) is 0 Å². The van der Waals surface area contributed by atoms with Crippen LogP contribution in [0.4, 0.5) is 13.2 Å². The van der Waals surface area contributed by atoms with Crippen molar-refractivity contribution in [1.29, 1.82) is 0 Å². The molecule has 1 saturated carbocycles. The Kier molecular flexibility index (Phi) is 6.50. The lowest BCUT2D eigenvalue weighted by molar-refractivity contribution is -0.146. The second-order valence-corrected chi connectivity index (χ2v) is 9.42. The summed E-state index contributed by atoms with van der Waals surface area (Å²) in [5.41, 5.74) is 8.19. The summed E-state index contributed by atoms with van der Waals surface area (Å²) in [6.07, 6.45) is 1.82. The number of hydrogen-bond donors (Lipinski definition) is 2. The van der Waals surface area contributed by atoms with Gasteiger partial charge in [0, 0.05) is 6.04 Å². The molecule has 0 spiro atoms. The van der Waals surface area contributed by atoms with Gasteiger partial charge in [-0.05, 0) is 91.2 Å². The molecule has 35 heavy (non-hydrogen) atoms. The summed E-state index contributed by atoms with van der Waals surface area (Å²) in [5.74, 6) is -0.504. The Bertz CT molecular complexity index is 1150. The molecular formula is C25H29F3N6O. The van der Waals surface area contributed by atoms with Gasteiger partial charge in [-0.25, -0.2) is 0 Å². The number of nitrogens with zero attached hydrogens (tertiary/aromatic N) is 4. The summed E-state index contributed by atoms with van der Waals surface area (Å²) < 4.78 is 47.6. The van der Waals surface area contributed by atoms with Gasteiger partial charge in [-0.15, -0.1) is 5.10 Å². The summed E-state index contributed by atoms with van der Waals surface area (Å²) in [6, 6.07) is 14.8. The van der Waals surface area contributed by atoms with Gasteiger partial charge < -0.3 is 15.8 Å². The number of benzene rings is 2. The Labute approximate surface area is 201 Å². The van der Waals surface area contributed by atoms with E-state index in [4.69, 9.17) is 10.5 Å². The third kappa shape index (κ3) is 4.77. The molecule has 2 aliphatic rings. The van der Waals surface area contributed by atoms with Crippen LogP contribution in [0, 0.1) is 0 Å². The number of rotatable bonds is 6. The summed E-state index contributed by atoms with van der Waals surface area (Å²) in [7, 11) is 0. The highest BCUT2D eigenvalue weighted by Crippen LogP contribution is 2.38. The molecule has 2 heterocycles. The number of ether oxygens (including phenoxy) is 1. The van der Waals surface area contributed by atoms with Gasteiger partial charge >= 0.3 is 6.18 Å². The molecule has 0 amide bonds. The number of hydrogen-bond acceptors (Lipinski definition) is 6. The third-order valence-electron chi connectivity index (χ3n) is 7.13. The van der Waals surface area contributed by atoms with Gasteiger partial charge in [-0.2, -0.15) is 17.9 Å². The summed E-state index contributed by atoms with van der Waals surface area (Å²) in [6.45, 7) is 0.798. The van der Waals surface area contributed by atoms with E-state index < -0.39 is 17.5 Å². The minimum absolute atomic E-state index is 0.0963. The molecule has 186 valence electrons. The molecule has 0 unspecified atom stereocenters. The number of halogens is 3. The van der Waals surface area contributed by atoms with Crippen molar-refractivity contribution in [3.8, 4) is 11.4 Å². The van der Waals surface area contributed by atoms with Gasteiger partial charge in [0.25, 0.3) is 5.82 Å². The first-order valence-electron chi connectivity index (χ1n) is 12.1. The molecule has 5 rings (SSSR count). The zero-order valence-corrected chi connectivity index (χ0v) is 19.3. The number of alkyl halides is 3. The molecule has 0 bridgehead atoms. The maximum absolute atomic E-state index is 13.5. The third-order valence-corrected chi connectivity index (χ3v) is 7.13. The van der Waals surface area contributed by atoms with Crippen LogP contribution in [-0.2, 0) is 18.1 Å². The number of nitrogens with two attached hydrogens (primary N) is 1. The van der Waals surface area contributed by atoms with Gasteiger partial charge in [0.15, 0.2) is 0 Å². The molecular weight excluding hydrogens is 457 g/mol. The van der Waals surface area contributed by atoms with Crippen molar-refractivity contribution in [3.05, 3.63) is 65.5 Å². The number of piperidine rings is 1. The lowest BCUT2D eigenvalue weighted by Gasteiger charge is -2.44. The van der Waals surface area contributed by atoms with E-state index in [1.807, 2.05) is 30.3 Å². The molecule has 1 saturated heterocycles. The van der Waals surface area contributed by atoms with E-state index in [-0.39, 0.29) is 17.8 Å². The van der Waals surface area contributed by atoms with Gasteiger partial charge in [0.05, 0.1) is 17.3 Å². The van der Waals surface area contributed by atoms with Crippen LogP contribution in [0.1, 0.15) is 55.5 Å². The molecule has 1 aliphatic heterocycles. The van der Waals surface area contributed by atoms with Crippen molar-refractivity contribution in [2.45, 2.75) is 68.8 Å². The van der Waals surface area contributed by atoms with Crippen LogP contribution in [-0.4, -0.2) is 38.9 Å². The first-order chi connectivity index (χ1) is 16.9. The fourth-order valence-corrected chi connectivity index (χ4v) is 5.33. The highest BCUT2D eigenvalue weighted by Gasteiger charge is 2.42. The second-order valence-electron chi connectivity index (χ2n) is 9.42. The van der Waals surface area contributed by atoms with Crippen LogP contribution in [0.15, 0.2) is 48.5 Å². The Morgan fingerprint density at radius 3 is 2.54 bits per heavy atom. The Hall–Kier alpha value is -2.98. The van der Waals surface area contributed by atoms with Crippen molar-refractivity contribution in [3.63, 3.8) is 0 Å². The summed E-state index contributed by atoms with van der Waals surface area (Å²) in [5, 5.41) is 13.7. The Morgan fingerprint density at radius 1 is 1.06 bits per heavy atom. The maximum atomic E-state index is 13.5. The van der Waals surface area contributed by atoms with Crippen molar-refractivity contribution in [1.82, 2.24) is 25.5 Å². The minimum Gasteiger partial charge on any atom is -0.490 e. The molecule has 2 aromatic carbocycles. The monoisotopic (exact) mass is 486 g/mol. The Morgan fingerprint density at radius 2 is 1.83 bits per heavy atom. The molecule has 3 aromatic rings. The minimum atomic E-state index is -4.68. The molecule has 3 N–H and O–H groups in total. The predicted octanol–water partition coefficient (Wildman–Crippen LogP) is 4.15. The molecule has 10 heteroatoms. The highest BCUT2D eigenvalue weighted by atomic mass is 19.4. The first-order valence-corrected chi connectivity index (χ1v) is 12.1. The van der Waals surface area contributed by atoms with Crippen LogP contribution >= 0.6 is 0 Å².